The minimum Gasteiger partial charge on any atom is -0.388 e. The molecule has 1 nitrogen and oxygen atoms in total. The summed E-state index contributed by atoms with van der Waals surface area (Å²) >= 11 is 1.75. The Balaban J connectivity index is -0.000000249. The van der Waals surface area contributed by atoms with Crippen molar-refractivity contribution in [3.05, 3.63) is 35.9 Å². The average molecular weight is 315 g/mol. The van der Waals surface area contributed by atoms with Crippen LogP contribution in [-0.4, -0.2) is 26.7 Å². The van der Waals surface area contributed by atoms with Crippen LogP contribution < -0.4 is 0 Å². The molecule has 1 aromatic rings. The van der Waals surface area contributed by atoms with Crippen molar-refractivity contribution in [3.63, 3.8) is 0 Å². The number of methoxy groups -OCH3 is 1. The summed E-state index contributed by atoms with van der Waals surface area (Å²) in [7, 11) is 3.25. The zero-order valence-corrected chi connectivity index (χ0v) is 17.0. The molecule has 0 radical (unpaired) electrons. The summed E-state index contributed by atoms with van der Waals surface area (Å²) in [5, 5.41) is 0. The number of hydrogen-bond acceptors (Lipinski definition) is 2. The molecule has 0 amide bonds. The van der Waals surface area contributed by atoms with E-state index in [1.807, 2.05) is 12.5 Å². The molecule has 0 unspecified atom stereocenters. The standard InChI is InChI=1S/C10H14.C5H12.C2H6O.C2H6S/c1-10(2,3)9-7-5-4-6-8-9;1-5(2,3)4;2*1-3-2/h4-8H,1-3H3;1-4H3;2*1-2H3. The molecule has 0 heterocycles. The van der Waals surface area contributed by atoms with Gasteiger partial charge in [-0.05, 0) is 28.9 Å². The molecule has 2 heteroatoms. The highest BCUT2D eigenvalue weighted by molar-refractivity contribution is 7.97. The maximum absolute atomic E-state index is 4.25. The summed E-state index contributed by atoms with van der Waals surface area (Å²) in [4.78, 5) is 0. The average Bonchev–Trinajstić information content (AvgIpc) is 2.29. The summed E-state index contributed by atoms with van der Waals surface area (Å²) in [5.41, 5.74) is 2.19. The fourth-order valence-corrected chi connectivity index (χ4v) is 0.938. The number of ether oxygens (including phenoxy) is 1. The van der Waals surface area contributed by atoms with Gasteiger partial charge >= 0.3 is 0 Å². The molecule has 21 heavy (non-hydrogen) atoms. The molecule has 0 fully saturated rings. The second-order valence-electron chi connectivity index (χ2n) is 7.43. The van der Waals surface area contributed by atoms with Gasteiger partial charge in [-0.2, -0.15) is 11.8 Å². The van der Waals surface area contributed by atoms with Gasteiger partial charge in [-0.15, -0.1) is 0 Å². The normalized spacial score (nSPS) is 10.0. The van der Waals surface area contributed by atoms with Crippen LogP contribution in [0.25, 0.3) is 0 Å². The number of benzene rings is 1. The molecule has 0 atom stereocenters. The molecule has 0 saturated heterocycles. The van der Waals surface area contributed by atoms with Crippen LogP contribution in [0.5, 0.6) is 0 Å². The first-order valence-corrected chi connectivity index (χ1v) is 8.93. The van der Waals surface area contributed by atoms with Gasteiger partial charge in [-0.3, -0.25) is 0 Å². The Bertz CT molecular complexity index is 286. The van der Waals surface area contributed by atoms with Crippen LogP contribution in [0.2, 0.25) is 0 Å². The molecule has 1 rings (SSSR count). The predicted molar refractivity (Wildman–Crippen MR) is 103 cm³/mol. The Morgan fingerprint density at radius 3 is 1.14 bits per heavy atom. The molecule has 0 aliphatic rings. The van der Waals surface area contributed by atoms with Gasteiger partial charge in [0.25, 0.3) is 0 Å². The third kappa shape index (κ3) is 32.8. The van der Waals surface area contributed by atoms with Crippen molar-refractivity contribution >= 4 is 11.8 Å². The van der Waals surface area contributed by atoms with E-state index in [0.717, 1.165) is 0 Å². The van der Waals surface area contributed by atoms with Crippen molar-refractivity contribution in [1.82, 2.24) is 0 Å². The second kappa shape index (κ2) is 14.5. The molecular weight excluding hydrogens is 276 g/mol. The van der Waals surface area contributed by atoms with E-state index >= 15 is 0 Å². The fraction of sp³-hybridized carbons (Fsp3) is 0.684. The topological polar surface area (TPSA) is 9.23 Å². The molecule has 0 spiro atoms. The van der Waals surface area contributed by atoms with E-state index in [0.29, 0.717) is 10.8 Å². The molecule has 0 aliphatic heterocycles. The molecule has 0 aromatic heterocycles. The first-order valence-electron chi connectivity index (χ1n) is 7.29. The monoisotopic (exact) mass is 314 g/mol. The molecule has 0 bridgehead atoms. The van der Waals surface area contributed by atoms with Crippen molar-refractivity contribution in [3.8, 4) is 0 Å². The lowest BCUT2D eigenvalue weighted by Crippen LogP contribution is -2.10. The second-order valence-corrected chi connectivity index (χ2v) is 8.25. The Morgan fingerprint density at radius 2 is 1.00 bits per heavy atom. The van der Waals surface area contributed by atoms with Crippen LogP contribution in [0, 0.1) is 5.41 Å². The SMILES string of the molecule is CC(C)(C)C.CC(C)(C)c1ccccc1.COC.CSC. The van der Waals surface area contributed by atoms with E-state index in [2.05, 4.69) is 83.5 Å². The molecule has 0 N–H and O–H groups in total. The maximum Gasteiger partial charge on any atom is 0.0351 e. The quantitative estimate of drug-likeness (QED) is 0.557. The molecule has 0 saturated carbocycles. The molecule has 126 valence electrons. The van der Waals surface area contributed by atoms with Gasteiger partial charge in [0.05, 0.1) is 0 Å². The van der Waals surface area contributed by atoms with Crippen LogP contribution in [0.4, 0.5) is 0 Å². The summed E-state index contributed by atoms with van der Waals surface area (Å²) in [5.74, 6) is 0. The van der Waals surface area contributed by atoms with E-state index in [1.54, 1.807) is 26.0 Å². The summed E-state index contributed by atoms with van der Waals surface area (Å²) in [6.07, 6.45) is 4.08. The number of hydrogen-bond donors (Lipinski definition) is 0. The Labute approximate surface area is 138 Å². The Kier molecular flexibility index (Phi) is 17.6. The highest BCUT2D eigenvalue weighted by atomic mass is 32.2. The van der Waals surface area contributed by atoms with E-state index in [1.165, 1.54) is 5.56 Å². The van der Waals surface area contributed by atoms with Crippen LogP contribution >= 0.6 is 11.8 Å². The first-order chi connectivity index (χ1) is 9.43. The van der Waals surface area contributed by atoms with Crippen LogP contribution in [-0.2, 0) is 10.2 Å². The van der Waals surface area contributed by atoms with Gasteiger partial charge in [0, 0.05) is 14.2 Å². The minimum atomic E-state index is 0.293. The van der Waals surface area contributed by atoms with Crippen LogP contribution in [0.15, 0.2) is 30.3 Å². The first kappa shape index (κ1) is 25.5. The molecular formula is C19H38OS. The predicted octanol–water partition coefficient (Wildman–Crippen LogP) is 6.28. The minimum absolute atomic E-state index is 0.293. The number of rotatable bonds is 0. The largest absolute Gasteiger partial charge is 0.388 e. The molecule has 1 aromatic carbocycles. The van der Waals surface area contributed by atoms with Gasteiger partial charge in [0.15, 0.2) is 0 Å². The van der Waals surface area contributed by atoms with Gasteiger partial charge in [0.2, 0.25) is 0 Å². The van der Waals surface area contributed by atoms with E-state index in [-0.39, 0.29) is 0 Å². The highest BCUT2D eigenvalue weighted by Crippen LogP contribution is 2.20. The summed E-state index contributed by atoms with van der Waals surface area (Å²) in [6, 6.07) is 10.6. The lowest BCUT2D eigenvalue weighted by atomic mass is 9.87. The Hall–Kier alpha value is -0.470. The Morgan fingerprint density at radius 1 is 0.762 bits per heavy atom. The van der Waals surface area contributed by atoms with E-state index in [4.69, 9.17) is 0 Å². The fourth-order valence-electron chi connectivity index (χ4n) is 0.938. The molecule has 0 aliphatic carbocycles. The van der Waals surface area contributed by atoms with Crippen molar-refractivity contribution in [2.45, 2.75) is 53.9 Å². The lowest BCUT2D eigenvalue weighted by molar-refractivity contribution is 0.277. The van der Waals surface area contributed by atoms with Crippen LogP contribution in [0.3, 0.4) is 0 Å². The zero-order chi connectivity index (χ0) is 17.5. The third-order valence-corrected chi connectivity index (χ3v) is 1.64. The van der Waals surface area contributed by atoms with Gasteiger partial charge in [0.1, 0.15) is 0 Å². The van der Waals surface area contributed by atoms with Crippen molar-refractivity contribution in [2.75, 3.05) is 26.7 Å². The zero-order valence-electron chi connectivity index (χ0n) is 16.2. The van der Waals surface area contributed by atoms with Gasteiger partial charge < -0.3 is 4.74 Å². The van der Waals surface area contributed by atoms with Crippen molar-refractivity contribution in [1.29, 1.82) is 0 Å². The van der Waals surface area contributed by atoms with E-state index in [9.17, 15) is 0 Å². The van der Waals surface area contributed by atoms with Crippen molar-refractivity contribution < 1.29 is 4.74 Å². The van der Waals surface area contributed by atoms with Gasteiger partial charge in [-0.25, -0.2) is 0 Å². The van der Waals surface area contributed by atoms with Gasteiger partial charge in [-0.1, -0.05) is 78.8 Å². The number of thioether (sulfide) groups is 1. The maximum atomic E-state index is 4.25. The van der Waals surface area contributed by atoms with Crippen molar-refractivity contribution in [2.24, 2.45) is 5.41 Å². The third-order valence-electron chi connectivity index (χ3n) is 1.64. The summed E-state index contributed by atoms with van der Waals surface area (Å²) < 4.78 is 4.25. The van der Waals surface area contributed by atoms with Crippen LogP contribution in [0.1, 0.15) is 54.0 Å². The highest BCUT2D eigenvalue weighted by Gasteiger charge is 2.11. The lowest BCUT2D eigenvalue weighted by Gasteiger charge is -2.18. The summed E-state index contributed by atoms with van der Waals surface area (Å²) in [6.45, 7) is 15.4. The smallest absolute Gasteiger partial charge is 0.0351 e. The van der Waals surface area contributed by atoms with E-state index < -0.39 is 0 Å².